The van der Waals surface area contributed by atoms with E-state index in [1.54, 1.807) is 14.2 Å². The topological polar surface area (TPSA) is 38.7 Å². The minimum Gasteiger partial charge on any atom is -0.507 e. The van der Waals surface area contributed by atoms with E-state index in [2.05, 4.69) is 88.4 Å². The SMILES string of the molecule is COc1ccc(-c2cc3c4c(cc(O)c3cc2OC)C2(CC(C)(C)CC(C)(C)C2)C2=C4C=CCC=C2)c(C2CCCC2)c1. The summed E-state index contributed by atoms with van der Waals surface area (Å²) in [6.07, 6.45) is 18.6. The van der Waals surface area contributed by atoms with Crippen LogP contribution in [0.4, 0.5) is 0 Å². The second kappa shape index (κ2) is 10.0. The first-order valence-electron chi connectivity index (χ1n) is 16.2. The molecule has 0 radical (unpaired) electrons. The van der Waals surface area contributed by atoms with E-state index in [-0.39, 0.29) is 16.2 Å². The molecule has 43 heavy (non-hydrogen) atoms. The van der Waals surface area contributed by atoms with Crippen molar-refractivity contribution in [3.8, 4) is 28.4 Å². The Morgan fingerprint density at radius 2 is 1.49 bits per heavy atom. The number of methoxy groups -OCH3 is 2. The molecule has 1 N–H and O–H groups in total. The Morgan fingerprint density at radius 1 is 0.767 bits per heavy atom. The largest absolute Gasteiger partial charge is 0.507 e. The molecule has 7 rings (SSSR count). The molecule has 0 aliphatic heterocycles. The molecule has 2 saturated carbocycles. The number of hydrogen-bond acceptors (Lipinski definition) is 3. The fourth-order valence-electron chi connectivity index (χ4n) is 9.87. The second-order valence-corrected chi connectivity index (χ2v) is 15.2. The lowest BCUT2D eigenvalue weighted by Gasteiger charge is -2.52. The van der Waals surface area contributed by atoms with Gasteiger partial charge in [0.1, 0.15) is 17.2 Å². The summed E-state index contributed by atoms with van der Waals surface area (Å²) in [5.41, 5.74) is 9.20. The van der Waals surface area contributed by atoms with Crippen molar-refractivity contribution in [2.24, 2.45) is 10.8 Å². The summed E-state index contributed by atoms with van der Waals surface area (Å²) in [5.74, 6) is 2.55. The highest BCUT2D eigenvalue weighted by Crippen LogP contribution is 2.64. The molecule has 0 unspecified atom stereocenters. The number of ether oxygens (including phenoxy) is 2. The zero-order valence-electron chi connectivity index (χ0n) is 26.8. The van der Waals surface area contributed by atoms with Gasteiger partial charge in [0.2, 0.25) is 0 Å². The quantitative estimate of drug-likeness (QED) is 0.337. The van der Waals surface area contributed by atoms with E-state index in [0.717, 1.165) is 47.1 Å². The zero-order chi connectivity index (χ0) is 30.1. The minimum atomic E-state index is -0.137. The number of phenols is 1. The number of allylic oxidation sites excluding steroid dienone is 6. The maximum Gasteiger partial charge on any atom is 0.127 e. The van der Waals surface area contributed by atoms with Gasteiger partial charge in [0.25, 0.3) is 0 Å². The van der Waals surface area contributed by atoms with Crippen molar-refractivity contribution in [2.75, 3.05) is 14.2 Å². The summed E-state index contributed by atoms with van der Waals surface area (Å²) >= 11 is 0. The number of rotatable bonds is 4. The third-order valence-electron chi connectivity index (χ3n) is 10.7. The normalized spacial score (nSPS) is 21.7. The molecular formula is C40H46O3. The van der Waals surface area contributed by atoms with Crippen molar-refractivity contribution in [1.82, 2.24) is 0 Å². The van der Waals surface area contributed by atoms with Gasteiger partial charge in [-0.2, -0.15) is 0 Å². The lowest BCUT2D eigenvalue weighted by molar-refractivity contribution is 0.0638. The number of benzene rings is 3. The summed E-state index contributed by atoms with van der Waals surface area (Å²) in [6.45, 7) is 9.73. The molecule has 224 valence electrons. The lowest BCUT2D eigenvalue weighted by Crippen LogP contribution is -2.44. The van der Waals surface area contributed by atoms with Gasteiger partial charge in [0, 0.05) is 16.4 Å². The van der Waals surface area contributed by atoms with Crippen LogP contribution in [0.3, 0.4) is 0 Å². The van der Waals surface area contributed by atoms with E-state index >= 15 is 0 Å². The first-order valence-corrected chi connectivity index (χ1v) is 16.2. The van der Waals surface area contributed by atoms with Crippen LogP contribution in [-0.2, 0) is 5.41 Å². The number of fused-ring (bicyclic) bond motifs is 6. The molecule has 3 nitrogen and oxygen atoms in total. The average Bonchev–Trinajstić information content (AvgIpc) is 3.48. The van der Waals surface area contributed by atoms with Crippen LogP contribution >= 0.6 is 0 Å². The molecule has 4 aliphatic carbocycles. The molecule has 3 aromatic carbocycles. The van der Waals surface area contributed by atoms with Crippen molar-refractivity contribution in [1.29, 1.82) is 0 Å². The van der Waals surface area contributed by atoms with Gasteiger partial charge in [-0.25, -0.2) is 0 Å². The fourth-order valence-corrected chi connectivity index (χ4v) is 9.87. The van der Waals surface area contributed by atoms with Crippen molar-refractivity contribution in [3.05, 3.63) is 83.0 Å². The van der Waals surface area contributed by atoms with E-state index < -0.39 is 0 Å². The van der Waals surface area contributed by atoms with Crippen LogP contribution in [0.15, 0.2) is 66.3 Å². The van der Waals surface area contributed by atoms with Crippen LogP contribution in [0.5, 0.6) is 17.2 Å². The maximum atomic E-state index is 11.7. The molecule has 3 aromatic rings. The molecule has 3 heteroatoms. The first-order chi connectivity index (χ1) is 20.6. The summed E-state index contributed by atoms with van der Waals surface area (Å²) in [5, 5.41) is 13.7. The molecule has 4 aliphatic rings. The highest BCUT2D eigenvalue weighted by atomic mass is 16.5. The molecule has 2 fully saturated rings. The van der Waals surface area contributed by atoms with E-state index in [4.69, 9.17) is 9.47 Å². The molecule has 0 bridgehead atoms. The highest BCUT2D eigenvalue weighted by Gasteiger charge is 2.54. The molecule has 0 aromatic heterocycles. The van der Waals surface area contributed by atoms with E-state index in [1.165, 1.54) is 65.5 Å². The lowest BCUT2D eigenvalue weighted by atomic mass is 9.52. The summed E-state index contributed by atoms with van der Waals surface area (Å²) in [4.78, 5) is 0. The van der Waals surface area contributed by atoms with Crippen LogP contribution < -0.4 is 9.47 Å². The van der Waals surface area contributed by atoms with Gasteiger partial charge in [0.05, 0.1) is 14.2 Å². The summed E-state index contributed by atoms with van der Waals surface area (Å²) in [6, 6.07) is 13.0. The standard InChI is InChI=1S/C40H46O3/c1-38(2)22-39(3,4)24-40(23-38)33-15-9-7-8-14-28(33)37-32-19-31(36(43-6)20-30(32)35(41)21-34(37)40)27-17-16-26(42-5)18-29(27)25-12-10-11-13-25/h8-9,14-21,25,41H,7,10-13,22-24H2,1-6H3. The van der Waals surface area contributed by atoms with Crippen molar-refractivity contribution >= 4 is 16.3 Å². The predicted octanol–water partition coefficient (Wildman–Crippen LogP) is 10.6. The average molecular weight is 575 g/mol. The van der Waals surface area contributed by atoms with Crippen LogP contribution in [0.25, 0.3) is 27.5 Å². The van der Waals surface area contributed by atoms with E-state index in [9.17, 15) is 5.11 Å². The molecule has 0 heterocycles. The Hall–Kier alpha value is -3.46. The van der Waals surface area contributed by atoms with Gasteiger partial charge in [-0.15, -0.1) is 0 Å². The molecule has 0 atom stereocenters. The third kappa shape index (κ3) is 4.53. The zero-order valence-corrected chi connectivity index (χ0v) is 26.8. The number of aromatic hydroxyl groups is 1. The van der Waals surface area contributed by atoms with Crippen LogP contribution in [0.1, 0.15) is 102 Å². The van der Waals surface area contributed by atoms with Crippen LogP contribution in [0, 0.1) is 10.8 Å². The van der Waals surface area contributed by atoms with Gasteiger partial charge < -0.3 is 14.6 Å². The highest BCUT2D eigenvalue weighted by molar-refractivity contribution is 6.07. The number of hydrogen-bond donors (Lipinski definition) is 1. The Balaban J connectivity index is 1.54. The van der Waals surface area contributed by atoms with Gasteiger partial charge in [-0.1, -0.05) is 70.9 Å². The minimum absolute atomic E-state index is 0.137. The molecule has 0 saturated heterocycles. The fraction of sp³-hybridized carbons (Fsp3) is 0.450. The Morgan fingerprint density at radius 3 is 2.19 bits per heavy atom. The van der Waals surface area contributed by atoms with Gasteiger partial charge in [-0.3, -0.25) is 0 Å². The maximum absolute atomic E-state index is 11.7. The third-order valence-corrected chi connectivity index (χ3v) is 10.7. The van der Waals surface area contributed by atoms with Gasteiger partial charge in [-0.05, 0) is 124 Å². The van der Waals surface area contributed by atoms with Gasteiger partial charge in [0.15, 0.2) is 0 Å². The van der Waals surface area contributed by atoms with E-state index in [1.807, 2.05) is 0 Å². The molecule has 0 amide bonds. The second-order valence-electron chi connectivity index (χ2n) is 15.2. The summed E-state index contributed by atoms with van der Waals surface area (Å²) in [7, 11) is 3.49. The Bertz CT molecular complexity index is 1690. The Labute approximate surface area is 257 Å². The molecular weight excluding hydrogens is 528 g/mol. The van der Waals surface area contributed by atoms with Crippen molar-refractivity contribution in [3.63, 3.8) is 0 Å². The first kappa shape index (κ1) is 28.3. The van der Waals surface area contributed by atoms with E-state index in [0.29, 0.717) is 11.7 Å². The predicted molar refractivity (Wildman–Crippen MR) is 178 cm³/mol. The smallest absolute Gasteiger partial charge is 0.127 e. The monoisotopic (exact) mass is 574 g/mol. The summed E-state index contributed by atoms with van der Waals surface area (Å²) < 4.78 is 11.8. The van der Waals surface area contributed by atoms with Crippen molar-refractivity contribution in [2.45, 2.75) is 90.4 Å². The molecule has 1 spiro atoms. The van der Waals surface area contributed by atoms with Crippen molar-refractivity contribution < 1.29 is 14.6 Å². The number of phenolic OH excluding ortho intramolecular Hbond substituents is 1. The van der Waals surface area contributed by atoms with Crippen LogP contribution in [-0.4, -0.2) is 19.3 Å². The van der Waals surface area contributed by atoms with Gasteiger partial charge >= 0.3 is 0 Å². The Kier molecular flexibility index (Phi) is 6.61. The van der Waals surface area contributed by atoms with Crippen LogP contribution in [0.2, 0.25) is 0 Å².